The first-order valence-corrected chi connectivity index (χ1v) is 13.8. The van der Waals surface area contributed by atoms with Gasteiger partial charge in [0.25, 0.3) is 0 Å². The third-order valence-electron chi connectivity index (χ3n) is 8.22. The number of pyridine rings is 1. The summed E-state index contributed by atoms with van der Waals surface area (Å²) >= 11 is 0. The van der Waals surface area contributed by atoms with Crippen molar-refractivity contribution in [1.29, 1.82) is 0 Å². The Morgan fingerprint density at radius 1 is 0.868 bits per heavy atom. The van der Waals surface area contributed by atoms with Crippen molar-refractivity contribution in [2.24, 2.45) is 5.92 Å². The predicted molar refractivity (Wildman–Crippen MR) is 153 cm³/mol. The summed E-state index contributed by atoms with van der Waals surface area (Å²) in [5.74, 6) is 0.229. The number of hydrogen-bond donors (Lipinski definition) is 3. The van der Waals surface area contributed by atoms with E-state index in [0.717, 1.165) is 83.4 Å². The Kier molecular flexibility index (Phi) is 5.84. The number of benzene rings is 2. The largest absolute Gasteiger partial charge is 0.371 e. The minimum atomic E-state index is 0.108. The molecular formula is C31H32N6O. The van der Waals surface area contributed by atoms with Crippen LogP contribution in [0.2, 0.25) is 0 Å². The van der Waals surface area contributed by atoms with E-state index in [1.807, 2.05) is 12.3 Å². The predicted octanol–water partition coefficient (Wildman–Crippen LogP) is 6.89. The van der Waals surface area contributed by atoms with E-state index in [4.69, 9.17) is 5.10 Å². The van der Waals surface area contributed by atoms with Crippen LogP contribution in [0.3, 0.4) is 0 Å². The highest BCUT2D eigenvalue weighted by Gasteiger charge is 2.23. The van der Waals surface area contributed by atoms with Crippen LogP contribution in [-0.2, 0) is 4.79 Å². The number of nitrogens with zero attached hydrogens (tertiary/aromatic N) is 3. The second-order valence-electron chi connectivity index (χ2n) is 10.7. The number of fused-ring (bicyclic) bond motifs is 2. The zero-order valence-corrected chi connectivity index (χ0v) is 21.5. The monoisotopic (exact) mass is 504 g/mol. The summed E-state index contributed by atoms with van der Waals surface area (Å²) in [6.07, 6.45) is 11.6. The lowest BCUT2D eigenvalue weighted by atomic mass is 10.0. The van der Waals surface area contributed by atoms with Gasteiger partial charge >= 0.3 is 0 Å². The van der Waals surface area contributed by atoms with Gasteiger partial charge in [-0.05, 0) is 74.1 Å². The number of anilines is 2. The van der Waals surface area contributed by atoms with Crippen molar-refractivity contribution >= 4 is 39.1 Å². The molecule has 1 aliphatic carbocycles. The van der Waals surface area contributed by atoms with E-state index in [-0.39, 0.29) is 11.8 Å². The molecular weight excluding hydrogens is 472 g/mol. The molecule has 0 radical (unpaired) electrons. The number of aromatic nitrogens is 4. The van der Waals surface area contributed by atoms with Crippen molar-refractivity contribution in [3.63, 3.8) is 0 Å². The fraction of sp³-hybridized carbons (Fsp3) is 0.323. The summed E-state index contributed by atoms with van der Waals surface area (Å²) in [7, 11) is 0. The van der Waals surface area contributed by atoms with Gasteiger partial charge in [-0.15, -0.1) is 0 Å². The lowest BCUT2D eigenvalue weighted by Gasteiger charge is -2.29. The van der Waals surface area contributed by atoms with Crippen molar-refractivity contribution in [3.8, 4) is 22.5 Å². The van der Waals surface area contributed by atoms with E-state index in [9.17, 15) is 4.79 Å². The second kappa shape index (κ2) is 9.63. The molecule has 0 bridgehead atoms. The van der Waals surface area contributed by atoms with Crippen LogP contribution in [0.15, 0.2) is 60.9 Å². The Morgan fingerprint density at radius 3 is 2.61 bits per heavy atom. The van der Waals surface area contributed by atoms with E-state index >= 15 is 0 Å². The highest BCUT2D eigenvalue weighted by molar-refractivity contribution is 6.01. The summed E-state index contributed by atoms with van der Waals surface area (Å²) in [6.45, 7) is 2.23. The van der Waals surface area contributed by atoms with Gasteiger partial charge in [-0.2, -0.15) is 5.10 Å². The lowest BCUT2D eigenvalue weighted by Crippen LogP contribution is -2.29. The molecule has 1 saturated carbocycles. The van der Waals surface area contributed by atoms with Gasteiger partial charge in [0, 0.05) is 52.7 Å². The molecule has 0 atom stereocenters. The van der Waals surface area contributed by atoms with Crippen LogP contribution in [0.1, 0.15) is 44.9 Å². The van der Waals surface area contributed by atoms with Crippen molar-refractivity contribution < 1.29 is 4.79 Å². The average molecular weight is 505 g/mol. The Morgan fingerprint density at radius 2 is 1.74 bits per heavy atom. The molecule has 192 valence electrons. The van der Waals surface area contributed by atoms with Crippen molar-refractivity contribution in [2.75, 3.05) is 23.3 Å². The van der Waals surface area contributed by atoms with E-state index in [1.54, 1.807) is 6.20 Å². The number of aromatic amines is 2. The van der Waals surface area contributed by atoms with Crippen LogP contribution in [0, 0.1) is 5.92 Å². The molecule has 3 aromatic heterocycles. The number of H-pyrrole nitrogens is 2. The van der Waals surface area contributed by atoms with E-state index in [2.05, 4.69) is 67.7 Å². The molecule has 0 unspecified atom stereocenters. The molecule has 4 heterocycles. The second-order valence-corrected chi connectivity index (χ2v) is 10.7. The summed E-state index contributed by atoms with van der Waals surface area (Å²) < 4.78 is 0. The Balaban J connectivity index is 1.22. The number of nitrogens with one attached hydrogen (secondary N) is 3. The smallest absolute Gasteiger partial charge is 0.227 e. The minimum absolute atomic E-state index is 0.108. The molecule has 3 N–H and O–H groups in total. The van der Waals surface area contributed by atoms with Crippen molar-refractivity contribution in [3.05, 3.63) is 60.9 Å². The van der Waals surface area contributed by atoms with Gasteiger partial charge in [0.2, 0.25) is 5.91 Å². The van der Waals surface area contributed by atoms with Gasteiger partial charge in [0.1, 0.15) is 5.69 Å². The van der Waals surface area contributed by atoms with Crippen LogP contribution in [0.25, 0.3) is 44.3 Å². The Labute approximate surface area is 221 Å². The van der Waals surface area contributed by atoms with Crippen LogP contribution in [-0.4, -0.2) is 39.2 Å². The number of piperidine rings is 1. The number of hydrogen-bond acceptors (Lipinski definition) is 4. The summed E-state index contributed by atoms with van der Waals surface area (Å²) in [5, 5.41) is 13.3. The summed E-state index contributed by atoms with van der Waals surface area (Å²) in [4.78, 5) is 23.2. The molecule has 38 heavy (non-hydrogen) atoms. The maximum absolute atomic E-state index is 12.6. The SMILES string of the molecule is O=C(Nc1cncc(-c2ccc3[nH]nc(-c4cc5c(N6CCCCC6)cccc5[nH]4)c3c2)c1)C1CCCC1. The highest BCUT2D eigenvalue weighted by atomic mass is 16.1. The van der Waals surface area contributed by atoms with Gasteiger partial charge in [0.05, 0.1) is 23.1 Å². The number of rotatable bonds is 5. The van der Waals surface area contributed by atoms with Gasteiger partial charge in [-0.1, -0.05) is 25.0 Å². The minimum Gasteiger partial charge on any atom is -0.371 e. The zero-order valence-electron chi connectivity index (χ0n) is 21.5. The maximum Gasteiger partial charge on any atom is 0.227 e. The molecule has 2 aliphatic rings. The first-order chi connectivity index (χ1) is 18.7. The van der Waals surface area contributed by atoms with Gasteiger partial charge in [-0.25, -0.2) is 0 Å². The lowest BCUT2D eigenvalue weighted by molar-refractivity contribution is -0.119. The molecule has 0 spiro atoms. The van der Waals surface area contributed by atoms with Gasteiger partial charge in [0.15, 0.2) is 0 Å². The zero-order chi connectivity index (χ0) is 25.5. The van der Waals surface area contributed by atoms with E-state index in [0.29, 0.717) is 0 Å². The third kappa shape index (κ3) is 4.22. The van der Waals surface area contributed by atoms with Crippen molar-refractivity contribution in [2.45, 2.75) is 44.9 Å². The van der Waals surface area contributed by atoms with Gasteiger partial charge < -0.3 is 15.2 Å². The van der Waals surface area contributed by atoms with E-state index < -0.39 is 0 Å². The standard InChI is InChI=1S/C31H32N6O/c38-31(20-7-2-3-8-20)33-23-15-22(18-32-19-23)21-11-12-27-25(16-21)30(36-35-27)28-17-24-26(34-28)9-6-10-29(24)37-13-4-1-5-14-37/h6,9-12,15-20,34H,1-5,7-8,13-14H2,(H,33,38)(H,35,36). The topological polar surface area (TPSA) is 89.7 Å². The maximum atomic E-state index is 12.6. The Bertz CT molecular complexity index is 1620. The molecule has 1 saturated heterocycles. The van der Waals surface area contributed by atoms with Crippen LogP contribution < -0.4 is 10.2 Å². The fourth-order valence-electron chi connectivity index (χ4n) is 6.17. The first-order valence-electron chi connectivity index (χ1n) is 13.8. The number of amides is 1. The molecule has 1 amide bonds. The first kappa shape index (κ1) is 23.0. The van der Waals surface area contributed by atoms with Crippen LogP contribution >= 0.6 is 0 Å². The molecule has 7 rings (SSSR count). The molecule has 2 fully saturated rings. The number of carbonyl (C=O) groups is 1. The normalized spacial score (nSPS) is 16.5. The molecule has 7 nitrogen and oxygen atoms in total. The quantitative estimate of drug-likeness (QED) is 0.243. The van der Waals surface area contributed by atoms with Gasteiger partial charge in [-0.3, -0.25) is 14.9 Å². The fourth-order valence-corrected chi connectivity index (χ4v) is 6.17. The highest BCUT2D eigenvalue weighted by Crippen LogP contribution is 2.36. The van der Waals surface area contributed by atoms with Crippen LogP contribution in [0.5, 0.6) is 0 Å². The molecule has 1 aliphatic heterocycles. The molecule has 5 aromatic rings. The number of carbonyl (C=O) groups excluding carboxylic acids is 1. The third-order valence-corrected chi connectivity index (χ3v) is 8.22. The summed E-state index contributed by atoms with van der Waals surface area (Å²) in [6, 6.07) is 17.1. The summed E-state index contributed by atoms with van der Waals surface area (Å²) in [5.41, 5.74) is 8.06. The van der Waals surface area contributed by atoms with Crippen molar-refractivity contribution in [1.82, 2.24) is 20.2 Å². The Hall–Kier alpha value is -4.13. The molecule has 2 aromatic carbocycles. The average Bonchev–Trinajstić information content (AvgIpc) is 3.73. The van der Waals surface area contributed by atoms with Crippen LogP contribution in [0.4, 0.5) is 11.4 Å². The molecule has 7 heteroatoms. The van der Waals surface area contributed by atoms with E-state index in [1.165, 1.54) is 30.3 Å².